The first-order chi connectivity index (χ1) is 7.38. The molecule has 6 nitrogen and oxygen atoms in total. The molecule has 0 radical (unpaired) electrons. The Labute approximate surface area is 94.8 Å². The van der Waals surface area contributed by atoms with Crippen molar-refractivity contribution in [2.24, 2.45) is 5.73 Å². The minimum absolute atomic E-state index is 0.0738. The molecule has 16 heavy (non-hydrogen) atoms. The molecule has 0 aromatic heterocycles. The van der Waals surface area contributed by atoms with E-state index in [1.807, 2.05) is 6.92 Å². The lowest BCUT2D eigenvalue weighted by molar-refractivity contribution is -0.144. The van der Waals surface area contributed by atoms with E-state index < -0.39 is 24.0 Å². The molecular weight excluding hydrogens is 212 g/mol. The highest BCUT2D eigenvalue weighted by Gasteiger charge is 2.25. The third kappa shape index (κ3) is 5.67. The van der Waals surface area contributed by atoms with Gasteiger partial charge in [-0.25, -0.2) is 4.79 Å². The average Bonchev–Trinajstić information content (AvgIpc) is 2.13. The van der Waals surface area contributed by atoms with Crippen LogP contribution in [-0.2, 0) is 9.59 Å². The predicted octanol–water partition coefficient (Wildman–Crippen LogP) is -0.546. The number of carbonyl (C=O) groups excluding carboxylic acids is 1. The van der Waals surface area contributed by atoms with Gasteiger partial charge in [-0.05, 0) is 13.3 Å². The summed E-state index contributed by atoms with van der Waals surface area (Å²) in [4.78, 5) is 22.1. The highest BCUT2D eigenvalue weighted by Crippen LogP contribution is 2.00. The number of hydrogen-bond acceptors (Lipinski definition) is 4. The molecule has 1 amide bonds. The summed E-state index contributed by atoms with van der Waals surface area (Å²) in [6.45, 7) is 3.26. The molecule has 0 saturated heterocycles. The van der Waals surface area contributed by atoms with Crippen LogP contribution < -0.4 is 11.1 Å². The van der Waals surface area contributed by atoms with E-state index in [9.17, 15) is 9.59 Å². The number of carbonyl (C=O) groups is 2. The first-order valence-electron chi connectivity index (χ1n) is 5.34. The molecule has 0 aromatic rings. The lowest BCUT2D eigenvalue weighted by Crippen LogP contribution is -2.48. The lowest BCUT2D eigenvalue weighted by Gasteiger charge is -2.18. The maximum absolute atomic E-state index is 11.4. The molecule has 0 aliphatic heterocycles. The Bertz CT molecular complexity index is 243. The van der Waals surface area contributed by atoms with Gasteiger partial charge in [0.15, 0.2) is 6.04 Å². The number of aliphatic carboxylic acids is 1. The zero-order valence-corrected chi connectivity index (χ0v) is 9.64. The molecule has 6 heteroatoms. The van der Waals surface area contributed by atoms with E-state index in [0.717, 1.165) is 6.42 Å². The normalized spacial score (nSPS) is 16.2. The highest BCUT2D eigenvalue weighted by molar-refractivity contribution is 5.84. The Morgan fingerprint density at radius 1 is 1.44 bits per heavy atom. The fourth-order valence-electron chi connectivity index (χ4n) is 1.33. The van der Waals surface area contributed by atoms with E-state index >= 15 is 0 Å². The van der Waals surface area contributed by atoms with Gasteiger partial charge in [0.2, 0.25) is 5.91 Å². The number of carboxylic acid groups (broad SMARTS) is 1. The topological polar surface area (TPSA) is 113 Å². The van der Waals surface area contributed by atoms with Crippen LogP contribution in [0.25, 0.3) is 0 Å². The number of aliphatic hydroxyl groups is 1. The minimum Gasteiger partial charge on any atom is -0.480 e. The molecule has 0 aromatic carbocycles. The van der Waals surface area contributed by atoms with Gasteiger partial charge in [-0.15, -0.1) is 0 Å². The van der Waals surface area contributed by atoms with E-state index in [0.29, 0.717) is 6.42 Å². The molecule has 94 valence electrons. The molecule has 0 spiro atoms. The predicted molar refractivity (Wildman–Crippen MR) is 58.7 cm³/mol. The molecule has 0 aliphatic rings. The maximum atomic E-state index is 11.4. The number of nitrogens with two attached hydrogens (primary N) is 1. The van der Waals surface area contributed by atoms with Crippen molar-refractivity contribution < 1.29 is 19.8 Å². The Balaban J connectivity index is 4.15. The van der Waals surface area contributed by atoms with Crippen molar-refractivity contribution in [2.45, 2.75) is 51.3 Å². The van der Waals surface area contributed by atoms with E-state index in [4.69, 9.17) is 15.9 Å². The largest absolute Gasteiger partial charge is 0.480 e. The Morgan fingerprint density at radius 2 is 2.00 bits per heavy atom. The van der Waals surface area contributed by atoms with Crippen LogP contribution in [0.5, 0.6) is 0 Å². The molecule has 0 aliphatic carbocycles. The number of carboxylic acids is 1. The summed E-state index contributed by atoms with van der Waals surface area (Å²) in [5.41, 5.74) is 5.64. The molecule has 0 rings (SSSR count). The maximum Gasteiger partial charge on any atom is 0.328 e. The first-order valence-corrected chi connectivity index (χ1v) is 5.34. The van der Waals surface area contributed by atoms with Crippen LogP contribution in [0.4, 0.5) is 0 Å². The smallest absolute Gasteiger partial charge is 0.328 e. The summed E-state index contributed by atoms with van der Waals surface area (Å²) in [6, 6.07) is -1.55. The third-order valence-electron chi connectivity index (χ3n) is 2.17. The van der Waals surface area contributed by atoms with Gasteiger partial charge in [0.05, 0.1) is 6.10 Å². The van der Waals surface area contributed by atoms with Crippen LogP contribution >= 0.6 is 0 Å². The second-order valence-corrected chi connectivity index (χ2v) is 3.88. The summed E-state index contributed by atoms with van der Waals surface area (Å²) in [5.74, 6) is -1.71. The number of rotatable bonds is 7. The van der Waals surface area contributed by atoms with Gasteiger partial charge in [-0.2, -0.15) is 0 Å². The number of aliphatic hydroxyl groups excluding tert-OH is 1. The van der Waals surface area contributed by atoms with Crippen molar-refractivity contribution >= 4 is 11.9 Å². The van der Waals surface area contributed by atoms with E-state index in [1.54, 1.807) is 0 Å². The molecule has 3 atom stereocenters. The molecule has 0 bridgehead atoms. The monoisotopic (exact) mass is 232 g/mol. The van der Waals surface area contributed by atoms with Crippen molar-refractivity contribution in [2.75, 3.05) is 0 Å². The molecule has 5 N–H and O–H groups in total. The second kappa shape index (κ2) is 7.19. The lowest BCUT2D eigenvalue weighted by atomic mass is 10.1. The molecule has 0 fully saturated rings. The van der Waals surface area contributed by atoms with Gasteiger partial charge in [-0.3, -0.25) is 4.79 Å². The fourth-order valence-corrected chi connectivity index (χ4v) is 1.33. The van der Waals surface area contributed by atoms with Gasteiger partial charge in [0.1, 0.15) is 0 Å². The Kier molecular flexibility index (Phi) is 6.67. The van der Waals surface area contributed by atoms with Gasteiger partial charge < -0.3 is 21.3 Å². The molecule has 0 heterocycles. The number of nitrogens with one attached hydrogen (secondary N) is 1. The van der Waals surface area contributed by atoms with Gasteiger partial charge in [-0.1, -0.05) is 13.3 Å². The highest BCUT2D eigenvalue weighted by atomic mass is 16.4. The summed E-state index contributed by atoms with van der Waals surface area (Å²) in [5, 5.41) is 20.1. The molecule has 0 saturated carbocycles. The van der Waals surface area contributed by atoms with Crippen LogP contribution in [0.15, 0.2) is 0 Å². The van der Waals surface area contributed by atoms with Crippen LogP contribution in [0.3, 0.4) is 0 Å². The minimum atomic E-state index is -1.28. The van der Waals surface area contributed by atoms with Crippen molar-refractivity contribution in [3.8, 4) is 0 Å². The summed E-state index contributed by atoms with van der Waals surface area (Å²) >= 11 is 0. The quantitative estimate of drug-likeness (QED) is 0.470. The number of amides is 1. The Hall–Kier alpha value is -1.14. The second-order valence-electron chi connectivity index (χ2n) is 3.88. The Morgan fingerprint density at radius 3 is 2.38 bits per heavy atom. The summed E-state index contributed by atoms with van der Waals surface area (Å²) in [6.07, 6.45) is 0.515. The van der Waals surface area contributed by atoms with Crippen molar-refractivity contribution in [1.29, 1.82) is 0 Å². The summed E-state index contributed by atoms with van der Waals surface area (Å²) in [7, 11) is 0. The van der Waals surface area contributed by atoms with Crippen molar-refractivity contribution in [1.82, 2.24) is 5.32 Å². The fraction of sp³-hybridized carbons (Fsp3) is 0.800. The SMILES string of the molecule is CCCC(N)CC(=O)NC(C(=O)O)C(C)O. The summed E-state index contributed by atoms with van der Waals surface area (Å²) < 4.78 is 0. The van der Waals surface area contributed by atoms with E-state index in [1.165, 1.54) is 6.92 Å². The first kappa shape index (κ1) is 14.9. The van der Waals surface area contributed by atoms with Crippen LogP contribution in [0, 0.1) is 0 Å². The molecule has 3 unspecified atom stereocenters. The van der Waals surface area contributed by atoms with Gasteiger partial charge >= 0.3 is 5.97 Å². The van der Waals surface area contributed by atoms with E-state index in [2.05, 4.69) is 5.32 Å². The van der Waals surface area contributed by atoms with Gasteiger partial charge in [0.25, 0.3) is 0 Å². The zero-order chi connectivity index (χ0) is 12.7. The van der Waals surface area contributed by atoms with Crippen LogP contribution in [0.2, 0.25) is 0 Å². The van der Waals surface area contributed by atoms with Gasteiger partial charge in [0, 0.05) is 12.5 Å². The molecular formula is C10H20N2O4. The average molecular weight is 232 g/mol. The van der Waals surface area contributed by atoms with Crippen LogP contribution in [-0.4, -0.2) is 40.3 Å². The zero-order valence-electron chi connectivity index (χ0n) is 9.64. The van der Waals surface area contributed by atoms with Crippen LogP contribution in [0.1, 0.15) is 33.1 Å². The van der Waals surface area contributed by atoms with Crippen molar-refractivity contribution in [3.63, 3.8) is 0 Å². The van der Waals surface area contributed by atoms with E-state index in [-0.39, 0.29) is 12.5 Å². The van der Waals surface area contributed by atoms with Crippen molar-refractivity contribution in [3.05, 3.63) is 0 Å². The third-order valence-corrected chi connectivity index (χ3v) is 2.17. The standard InChI is InChI=1S/C10H20N2O4/c1-3-4-7(11)5-8(14)12-9(6(2)13)10(15)16/h6-7,9,13H,3-5,11H2,1-2H3,(H,12,14)(H,15,16). The number of hydrogen-bond donors (Lipinski definition) is 4.